The van der Waals surface area contributed by atoms with Crippen LogP contribution >= 0.6 is 50.6 Å². The summed E-state index contributed by atoms with van der Waals surface area (Å²) in [6.45, 7) is 0. The Morgan fingerprint density at radius 1 is 1.07 bits per heavy atom. The van der Waals surface area contributed by atoms with Gasteiger partial charge in [0.05, 0.1) is 10.2 Å². The monoisotopic (exact) mass is 488 g/mol. The Kier molecular flexibility index (Phi) is 6.01. The van der Waals surface area contributed by atoms with Crippen LogP contribution in [0.3, 0.4) is 0 Å². The fourth-order valence-electron chi connectivity index (χ4n) is 2.57. The van der Waals surface area contributed by atoms with Crippen molar-refractivity contribution >= 4 is 72.4 Å². The van der Waals surface area contributed by atoms with Crippen LogP contribution in [0, 0.1) is 0 Å². The van der Waals surface area contributed by atoms with E-state index in [9.17, 15) is 4.79 Å². The number of amides is 1. The second kappa shape index (κ2) is 8.66. The van der Waals surface area contributed by atoms with Crippen LogP contribution in [0.1, 0.15) is 15.9 Å². The van der Waals surface area contributed by atoms with E-state index in [1.807, 2.05) is 30.3 Å². The Morgan fingerprint density at radius 3 is 2.57 bits per heavy atom. The highest BCUT2D eigenvalue weighted by atomic mass is 79.9. The highest BCUT2D eigenvalue weighted by Gasteiger charge is 2.09. The standard InChI is InChI=1S/C21H14BrClN2OS2/c22-15-5-1-13(2-6-15)12-27-21-25-18-10-9-17(11-19(18)28-21)24-20(26)14-3-7-16(23)8-4-14/h1-11H,12H2,(H,24,26). The van der Waals surface area contributed by atoms with Gasteiger partial charge in [-0.05, 0) is 60.2 Å². The Labute approximate surface area is 184 Å². The quantitative estimate of drug-likeness (QED) is 0.300. The molecule has 0 saturated heterocycles. The predicted octanol–water partition coefficient (Wildman–Crippen LogP) is 7.26. The molecule has 1 N–H and O–H groups in total. The molecule has 28 heavy (non-hydrogen) atoms. The van der Waals surface area contributed by atoms with Gasteiger partial charge in [-0.25, -0.2) is 4.98 Å². The molecule has 0 bridgehead atoms. The molecule has 4 rings (SSSR count). The first-order valence-electron chi connectivity index (χ1n) is 8.41. The zero-order chi connectivity index (χ0) is 19.5. The maximum atomic E-state index is 12.4. The molecule has 3 nitrogen and oxygen atoms in total. The number of aromatic nitrogens is 1. The number of hydrogen-bond acceptors (Lipinski definition) is 4. The van der Waals surface area contributed by atoms with E-state index in [2.05, 4.69) is 38.4 Å². The zero-order valence-electron chi connectivity index (χ0n) is 14.5. The van der Waals surface area contributed by atoms with Crippen molar-refractivity contribution in [3.8, 4) is 0 Å². The molecule has 1 heterocycles. The first kappa shape index (κ1) is 19.5. The summed E-state index contributed by atoms with van der Waals surface area (Å²) in [5.74, 6) is 0.707. The van der Waals surface area contributed by atoms with Crippen LogP contribution in [0.25, 0.3) is 10.2 Å². The third-order valence-electron chi connectivity index (χ3n) is 4.01. The molecule has 0 atom stereocenters. The van der Waals surface area contributed by atoms with Gasteiger partial charge in [-0.3, -0.25) is 4.79 Å². The van der Waals surface area contributed by atoms with E-state index >= 15 is 0 Å². The van der Waals surface area contributed by atoms with Gasteiger partial charge >= 0.3 is 0 Å². The van der Waals surface area contributed by atoms with Crippen LogP contribution in [-0.4, -0.2) is 10.9 Å². The van der Waals surface area contributed by atoms with Crippen molar-refractivity contribution in [1.82, 2.24) is 4.98 Å². The van der Waals surface area contributed by atoms with Crippen LogP contribution in [0.5, 0.6) is 0 Å². The van der Waals surface area contributed by atoms with E-state index in [1.165, 1.54) is 5.56 Å². The number of nitrogens with zero attached hydrogens (tertiary/aromatic N) is 1. The van der Waals surface area contributed by atoms with E-state index < -0.39 is 0 Å². The summed E-state index contributed by atoms with van der Waals surface area (Å²) in [5, 5.41) is 3.54. The van der Waals surface area contributed by atoms with Gasteiger partial charge < -0.3 is 5.32 Å². The molecule has 0 aliphatic rings. The summed E-state index contributed by atoms with van der Waals surface area (Å²) < 4.78 is 3.14. The van der Waals surface area contributed by atoms with Crippen molar-refractivity contribution in [3.05, 3.63) is 87.4 Å². The summed E-state index contributed by atoms with van der Waals surface area (Å²) in [6.07, 6.45) is 0. The van der Waals surface area contributed by atoms with E-state index in [-0.39, 0.29) is 5.91 Å². The number of thioether (sulfide) groups is 1. The number of fused-ring (bicyclic) bond motifs is 1. The number of thiazole rings is 1. The summed E-state index contributed by atoms with van der Waals surface area (Å²) in [7, 11) is 0. The van der Waals surface area contributed by atoms with Gasteiger partial charge in [-0.1, -0.05) is 51.4 Å². The Morgan fingerprint density at radius 2 is 1.82 bits per heavy atom. The van der Waals surface area contributed by atoms with Gasteiger partial charge in [-0.2, -0.15) is 0 Å². The molecular weight excluding hydrogens is 476 g/mol. The highest BCUT2D eigenvalue weighted by Crippen LogP contribution is 2.33. The van der Waals surface area contributed by atoms with Crippen molar-refractivity contribution < 1.29 is 4.79 Å². The summed E-state index contributed by atoms with van der Waals surface area (Å²) >= 11 is 12.7. The number of benzene rings is 3. The summed E-state index contributed by atoms with van der Waals surface area (Å²) in [6, 6.07) is 20.9. The smallest absolute Gasteiger partial charge is 0.255 e. The lowest BCUT2D eigenvalue weighted by atomic mass is 10.2. The summed E-state index contributed by atoms with van der Waals surface area (Å²) in [4.78, 5) is 17.1. The minimum atomic E-state index is -0.162. The molecular formula is C21H14BrClN2OS2. The summed E-state index contributed by atoms with van der Waals surface area (Å²) in [5.41, 5.74) is 3.51. The Bertz CT molecular complexity index is 1130. The first-order valence-corrected chi connectivity index (χ1v) is 11.4. The average molecular weight is 490 g/mol. The number of rotatable bonds is 5. The second-order valence-electron chi connectivity index (χ2n) is 6.04. The fraction of sp³-hybridized carbons (Fsp3) is 0.0476. The number of halogens is 2. The van der Waals surface area contributed by atoms with Gasteiger partial charge in [0.1, 0.15) is 0 Å². The largest absolute Gasteiger partial charge is 0.322 e. The molecule has 0 saturated carbocycles. The lowest BCUT2D eigenvalue weighted by Crippen LogP contribution is -2.11. The average Bonchev–Trinajstić information content (AvgIpc) is 3.10. The normalized spacial score (nSPS) is 10.9. The predicted molar refractivity (Wildman–Crippen MR) is 123 cm³/mol. The molecule has 7 heteroatoms. The van der Waals surface area contributed by atoms with Gasteiger partial charge in [0.25, 0.3) is 5.91 Å². The number of carbonyl (C=O) groups excluding carboxylic acids is 1. The molecule has 0 fully saturated rings. The van der Waals surface area contributed by atoms with Crippen molar-refractivity contribution in [1.29, 1.82) is 0 Å². The van der Waals surface area contributed by atoms with Crippen molar-refractivity contribution in [2.24, 2.45) is 0 Å². The lowest BCUT2D eigenvalue weighted by Gasteiger charge is -2.05. The molecule has 0 aliphatic heterocycles. The van der Waals surface area contributed by atoms with Crippen LogP contribution < -0.4 is 5.32 Å². The molecule has 1 aromatic heterocycles. The van der Waals surface area contributed by atoms with E-state index in [0.29, 0.717) is 10.6 Å². The van der Waals surface area contributed by atoms with Gasteiger partial charge in [0, 0.05) is 26.5 Å². The number of hydrogen-bond donors (Lipinski definition) is 1. The Balaban J connectivity index is 1.46. The minimum Gasteiger partial charge on any atom is -0.322 e. The second-order valence-corrected chi connectivity index (χ2v) is 9.64. The zero-order valence-corrected chi connectivity index (χ0v) is 18.5. The SMILES string of the molecule is O=C(Nc1ccc2nc(SCc3ccc(Br)cc3)sc2c1)c1ccc(Cl)cc1. The van der Waals surface area contributed by atoms with Crippen molar-refractivity contribution in [3.63, 3.8) is 0 Å². The van der Waals surface area contributed by atoms with E-state index in [0.717, 1.165) is 30.5 Å². The number of nitrogens with one attached hydrogen (secondary N) is 1. The maximum absolute atomic E-state index is 12.4. The van der Waals surface area contributed by atoms with Crippen molar-refractivity contribution in [2.45, 2.75) is 10.1 Å². The van der Waals surface area contributed by atoms with Crippen molar-refractivity contribution in [2.75, 3.05) is 5.32 Å². The van der Waals surface area contributed by atoms with Crippen LogP contribution in [0.4, 0.5) is 5.69 Å². The fourth-order valence-corrected chi connectivity index (χ4v) is 5.03. The number of carbonyl (C=O) groups is 1. The van der Waals surface area contributed by atoms with Crippen LogP contribution in [0.15, 0.2) is 75.5 Å². The van der Waals surface area contributed by atoms with E-state index in [1.54, 1.807) is 47.4 Å². The lowest BCUT2D eigenvalue weighted by molar-refractivity contribution is 0.102. The molecule has 0 spiro atoms. The first-order chi connectivity index (χ1) is 13.6. The minimum absolute atomic E-state index is 0.162. The molecule has 0 radical (unpaired) electrons. The molecule has 1 amide bonds. The van der Waals surface area contributed by atoms with Crippen LogP contribution in [0.2, 0.25) is 5.02 Å². The molecule has 140 valence electrons. The molecule has 0 aliphatic carbocycles. The van der Waals surface area contributed by atoms with Gasteiger partial charge in [0.15, 0.2) is 4.34 Å². The van der Waals surface area contributed by atoms with E-state index in [4.69, 9.17) is 11.6 Å². The topological polar surface area (TPSA) is 42.0 Å². The highest BCUT2D eigenvalue weighted by molar-refractivity contribution is 9.10. The number of anilines is 1. The third kappa shape index (κ3) is 4.75. The third-order valence-corrected chi connectivity index (χ3v) is 7.02. The Hall–Kier alpha value is -1.86. The molecule has 0 unspecified atom stereocenters. The molecule has 3 aromatic carbocycles. The van der Waals surface area contributed by atoms with Gasteiger partial charge in [0.2, 0.25) is 0 Å². The van der Waals surface area contributed by atoms with Gasteiger partial charge in [-0.15, -0.1) is 11.3 Å². The molecule has 4 aromatic rings. The van der Waals surface area contributed by atoms with Crippen LogP contribution in [-0.2, 0) is 5.75 Å². The maximum Gasteiger partial charge on any atom is 0.255 e.